The molecule has 0 amide bonds. The summed E-state index contributed by atoms with van der Waals surface area (Å²) >= 11 is 0. The maximum Gasteiger partial charge on any atom is 0.267 e. The third kappa shape index (κ3) is 5.03. The predicted octanol–water partition coefficient (Wildman–Crippen LogP) is 3.36. The highest BCUT2D eigenvalue weighted by Gasteiger charge is 2.26. The molecule has 0 spiro atoms. The number of nitrogens with zero attached hydrogens (tertiary/aromatic N) is 5. The van der Waals surface area contributed by atoms with Gasteiger partial charge in [0.05, 0.1) is 10.5 Å². The molecule has 186 valence electrons. The zero-order chi connectivity index (χ0) is 25.8. The molecule has 1 fully saturated rings. The van der Waals surface area contributed by atoms with Crippen LogP contribution in [-0.2, 0) is 16.4 Å². The number of hydrogen-bond acceptors (Lipinski definition) is 7. The van der Waals surface area contributed by atoms with Crippen LogP contribution in [0.4, 0.5) is 5.82 Å². The van der Waals surface area contributed by atoms with Crippen LogP contribution in [0.25, 0.3) is 11.7 Å². The fraction of sp³-hybridized carbons (Fsp3) is 0.179. The molecule has 0 N–H and O–H groups in total. The van der Waals surface area contributed by atoms with Gasteiger partial charge in [0.1, 0.15) is 22.4 Å². The van der Waals surface area contributed by atoms with Crippen LogP contribution in [0, 0.1) is 11.3 Å². The Hall–Kier alpha value is -4.26. The van der Waals surface area contributed by atoms with E-state index in [2.05, 4.69) is 17.0 Å². The lowest BCUT2D eigenvalue weighted by molar-refractivity contribution is 0.249. The first-order valence-corrected chi connectivity index (χ1v) is 13.4. The van der Waals surface area contributed by atoms with E-state index in [0.717, 1.165) is 19.6 Å². The van der Waals surface area contributed by atoms with E-state index in [-0.39, 0.29) is 10.5 Å². The van der Waals surface area contributed by atoms with E-state index < -0.39 is 20.3 Å². The number of fused-ring (bicyclic) bond motifs is 1. The molecule has 5 rings (SSSR count). The van der Waals surface area contributed by atoms with Gasteiger partial charge >= 0.3 is 0 Å². The molecule has 0 aliphatic carbocycles. The Bertz CT molecular complexity index is 1650. The second-order valence-corrected chi connectivity index (χ2v) is 10.7. The van der Waals surface area contributed by atoms with Gasteiger partial charge in [0.15, 0.2) is 0 Å². The van der Waals surface area contributed by atoms with Gasteiger partial charge in [0.2, 0.25) is 9.84 Å². The molecular weight excluding hydrogens is 486 g/mol. The fourth-order valence-electron chi connectivity index (χ4n) is 4.45. The van der Waals surface area contributed by atoms with Crippen molar-refractivity contribution in [2.45, 2.75) is 11.4 Å². The lowest BCUT2D eigenvalue weighted by atomic mass is 10.2. The van der Waals surface area contributed by atoms with E-state index in [1.54, 1.807) is 48.7 Å². The summed E-state index contributed by atoms with van der Waals surface area (Å²) in [6.45, 7) is 3.54. The number of anilines is 1. The average Bonchev–Trinajstić information content (AvgIpc) is 2.94. The third-order valence-electron chi connectivity index (χ3n) is 6.40. The van der Waals surface area contributed by atoms with Gasteiger partial charge < -0.3 is 4.90 Å². The normalized spacial score (nSPS) is 15.0. The van der Waals surface area contributed by atoms with Gasteiger partial charge in [0, 0.05) is 38.9 Å². The maximum atomic E-state index is 13.5. The number of benzene rings is 2. The van der Waals surface area contributed by atoms with Crippen LogP contribution in [0.5, 0.6) is 0 Å². The molecule has 2 aromatic carbocycles. The van der Waals surface area contributed by atoms with Crippen LogP contribution in [0.3, 0.4) is 0 Å². The third-order valence-corrected chi connectivity index (χ3v) is 8.08. The first kappa shape index (κ1) is 24.4. The zero-order valence-corrected chi connectivity index (χ0v) is 20.9. The second kappa shape index (κ2) is 10.4. The monoisotopic (exact) mass is 511 g/mol. The van der Waals surface area contributed by atoms with E-state index in [1.807, 2.05) is 23.1 Å². The summed E-state index contributed by atoms with van der Waals surface area (Å²) in [5, 5.41) is 9.82. The molecule has 0 bridgehead atoms. The molecule has 4 aromatic rings. The highest BCUT2D eigenvalue weighted by atomic mass is 32.2. The van der Waals surface area contributed by atoms with Gasteiger partial charge in [-0.15, -0.1) is 0 Å². The van der Waals surface area contributed by atoms with Gasteiger partial charge in [-0.3, -0.25) is 14.1 Å². The van der Waals surface area contributed by atoms with E-state index in [9.17, 15) is 18.5 Å². The molecule has 8 nitrogen and oxygen atoms in total. The van der Waals surface area contributed by atoms with Gasteiger partial charge in [-0.25, -0.2) is 13.4 Å². The number of pyridine rings is 1. The second-order valence-electron chi connectivity index (χ2n) is 8.77. The number of aromatic nitrogens is 2. The molecule has 0 radical (unpaired) electrons. The quantitative estimate of drug-likeness (QED) is 0.366. The van der Waals surface area contributed by atoms with Gasteiger partial charge in [-0.2, -0.15) is 5.26 Å². The summed E-state index contributed by atoms with van der Waals surface area (Å²) in [4.78, 5) is 22.1. The lowest BCUT2D eigenvalue weighted by Crippen LogP contribution is -2.47. The number of piperazine rings is 1. The Labute approximate surface area is 215 Å². The first-order valence-electron chi connectivity index (χ1n) is 11.9. The topological polar surface area (TPSA) is 98.8 Å². The van der Waals surface area contributed by atoms with Crippen molar-refractivity contribution in [1.82, 2.24) is 14.3 Å². The minimum Gasteiger partial charge on any atom is -0.353 e. The number of hydrogen-bond donors (Lipinski definition) is 0. The molecule has 37 heavy (non-hydrogen) atoms. The van der Waals surface area contributed by atoms with Crippen LogP contribution in [0.15, 0.2) is 99.7 Å². The Balaban J connectivity index is 1.53. The van der Waals surface area contributed by atoms with Crippen molar-refractivity contribution in [3.8, 4) is 6.07 Å². The zero-order valence-electron chi connectivity index (χ0n) is 20.1. The first-order chi connectivity index (χ1) is 18.0. The Morgan fingerprint density at radius 3 is 2.24 bits per heavy atom. The summed E-state index contributed by atoms with van der Waals surface area (Å²) in [7, 11) is -4.11. The van der Waals surface area contributed by atoms with E-state index in [1.165, 1.54) is 28.2 Å². The summed E-state index contributed by atoms with van der Waals surface area (Å²) in [6.07, 6.45) is 2.75. The van der Waals surface area contributed by atoms with Crippen molar-refractivity contribution in [2.24, 2.45) is 0 Å². The summed E-state index contributed by atoms with van der Waals surface area (Å²) in [5.41, 5.74) is 1.34. The highest BCUT2D eigenvalue weighted by Crippen LogP contribution is 2.25. The number of rotatable bonds is 6. The SMILES string of the molecule is N#C/C(=C\c1c(N2CCN(Cc3ccccc3)CC2)nc2ccccn2c1=O)S(=O)(=O)c1ccccc1. The van der Waals surface area contributed by atoms with E-state index >= 15 is 0 Å². The molecular formula is C28H25N5O3S. The fourth-order valence-corrected chi connectivity index (χ4v) is 5.61. The van der Waals surface area contributed by atoms with Crippen molar-refractivity contribution in [3.63, 3.8) is 0 Å². The van der Waals surface area contributed by atoms with Crippen molar-refractivity contribution in [2.75, 3.05) is 31.1 Å². The standard InChI is InChI=1S/C28H25N5O3S/c29-20-24(37(35,36)23-11-5-2-6-12-23)19-25-27(30-26-13-7-8-14-33(26)28(25)34)32-17-15-31(16-18-32)21-22-9-3-1-4-10-22/h1-14,19H,15-18,21H2/b24-19+. The van der Waals surface area contributed by atoms with Crippen molar-refractivity contribution >= 4 is 27.4 Å². The van der Waals surface area contributed by atoms with Crippen LogP contribution >= 0.6 is 0 Å². The molecule has 1 saturated heterocycles. The summed E-state index contributed by atoms with van der Waals surface area (Å²) in [6, 6.07) is 25.0. The average molecular weight is 512 g/mol. The maximum absolute atomic E-state index is 13.5. The summed E-state index contributed by atoms with van der Waals surface area (Å²) < 4.78 is 27.8. The molecule has 9 heteroatoms. The van der Waals surface area contributed by atoms with Crippen LogP contribution in [0.1, 0.15) is 11.1 Å². The van der Waals surface area contributed by atoms with Gasteiger partial charge in [-0.1, -0.05) is 54.6 Å². The number of allylic oxidation sites excluding steroid dienone is 1. The van der Waals surface area contributed by atoms with Crippen LogP contribution in [0.2, 0.25) is 0 Å². The number of sulfone groups is 1. The Kier molecular flexibility index (Phi) is 6.86. The molecule has 0 atom stereocenters. The molecule has 0 saturated carbocycles. The Morgan fingerprint density at radius 1 is 0.919 bits per heavy atom. The summed E-state index contributed by atoms with van der Waals surface area (Å²) in [5.74, 6) is 0.381. The lowest BCUT2D eigenvalue weighted by Gasteiger charge is -2.36. The van der Waals surface area contributed by atoms with Crippen LogP contribution < -0.4 is 10.5 Å². The van der Waals surface area contributed by atoms with E-state index in [4.69, 9.17) is 4.98 Å². The minimum absolute atomic E-state index is 0.00673. The molecule has 1 aliphatic heterocycles. The van der Waals surface area contributed by atoms with Crippen molar-refractivity contribution in [1.29, 1.82) is 5.26 Å². The van der Waals surface area contributed by atoms with E-state index in [0.29, 0.717) is 24.6 Å². The predicted molar refractivity (Wildman–Crippen MR) is 143 cm³/mol. The minimum atomic E-state index is -4.11. The molecule has 2 aromatic heterocycles. The largest absolute Gasteiger partial charge is 0.353 e. The smallest absolute Gasteiger partial charge is 0.267 e. The van der Waals surface area contributed by atoms with Crippen LogP contribution in [-0.4, -0.2) is 48.9 Å². The van der Waals surface area contributed by atoms with Crippen molar-refractivity contribution < 1.29 is 8.42 Å². The van der Waals surface area contributed by atoms with Gasteiger partial charge in [0.25, 0.3) is 5.56 Å². The highest BCUT2D eigenvalue weighted by molar-refractivity contribution is 7.95. The number of nitriles is 1. The molecule has 3 heterocycles. The molecule has 1 aliphatic rings. The molecule has 0 unspecified atom stereocenters. The van der Waals surface area contributed by atoms with Crippen molar-refractivity contribution in [3.05, 3.63) is 111 Å². The Morgan fingerprint density at radius 2 is 1.57 bits per heavy atom. The van der Waals surface area contributed by atoms with Gasteiger partial charge in [-0.05, 0) is 35.9 Å².